The average Bonchev–Trinajstić information content (AvgIpc) is 3.07. The lowest BCUT2D eigenvalue weighted by molar-refractivity contribution is -0.154. The fourth-order valence-electron chi connectivity index (χ4n) is 5.70. The van der Waals surface area contributed by atoms with Crippen LogP contribution in [0.3, 0.4) is 0 Å². The van der Waals surface area contributed by atoms with Crippen LogP contribution in [0.25, 0.3) is 0 Å². The molecule has 0 amide bonds. The highest BCUT2D eigenvalue weighted by Crippen LogP contribution is 2.43. The molecule has 9 heteroatoms. The SMILES string of the molecule is CCCCCCC/C=C\CCCCCCCCOCC(COP(=O)(O)OCCN)OC(=O)CCCCCCCCCCCCCCCC. The van der Waals surface area contributed by atoms with Gasteiger partial charge in [0, 0.05) is 19.6 Å². The second kappa shape index (κ2) is 37.5. The zero-order valence-corrected chi connectivity index (χ0v) is 32.4. The number of carbonyl (C=O) groups is 1. The van der Waals surface area contributed by atoms with E-state index in [1.165, 1.54) is 141 Å². The van der Waals surface area contributed by atoms with E-state index >= 15 is 0 Å². The monoisotopic (exact) mass is 704 g/mol. The van der Waals surface area contributed by atoms with Crippen molar-refractivity contribution < 1.29 is 32.8 Å². The van der Waals surface area contributed by atoms with Gasteiger partial charge < -0.3 is 20.1 Å². The Labute approximate surface area is 296 Å². The smallest absolute Gasteiger partial charge is 0.457 e. The molecule has 0 aliphatic rings. The Hall–Kier alpha value is -0.760. The summed E-state index contributed by atoms with van der Waals surface area (Å²) in [4.78, 5) is 22.4. The molecule has 0 saturated carbocycles. The number of ether oxygens (including phenoxy) is 2. The summed E-state index contributed by atoms with van der Waals surface area (Å²) in [7, 11) is -4.27. The van der Waals surface area contributed by atoms with Gasteiger partial charge in [-0.25, -0.2) is 4.57 Å². The van der Waals surface area contributed by atoms with E-state index in [4.69, 9.17) is 24.3 Å². The molecule has 0 aromatic heterocycles. The Kier molecular flexibility index (Phi) is 36.9. The van der Waals surface area contributed by atoms with E-state index in [-0.39, 0.29) is 32.3 Å². The molecule has 0 aliphatic carbocycles. The summed E-state index contributed by atoms with van der Waals surface area (Å²) in [6, 6.07) is 0. The Morgan fingerprint density at radius 1 is 0.604 bits per heavy atom. The maximum absolute atomic E-state index is 12.5. The van der Waals surface area contributed by atoms with Gasteiger partial charge in [0.15, 0.2) is 0 Å². The number of allylic oxidation sites excluding steroid dienone is 2. The first-order valence-corrected chi connectivity index (χ1v) is 21.7. The van der Waals surface area contributed by atoms with Gasteiger partial charge in [0.1, 0.15) is 6.10 Å². The number of hydrogen-bond donors (Lipinski definition) is 2. The summed E-state index contributed by atoms with van der Waals surface area (Å²) < 4.78 is 33.3. The van der Waals surface area contributed by atoms with Crippen molar-refractivity contribution in [2.45, 2.75) is 200 Å². The lowest BCUT2D eigenvalue weighted by Gasteiger charge is -2.20. The van der Waals surface area contributed by atoms with Gasteiger partial charge in [-0.15, -0.1) is 0 Å². The van der Waals surface area contributed by atoms with Gasteiger partial charge in [-0.2, -0.15) is 0 Å². The molecule has 0 spiro atoms. The fraction of sp³-hybridized carbons (Fsp3) is 0.923. The minimum Gasteiger partial charge on any atom is -0.457 e. The molecular weight excluding hydrogens is 625 g/mol. The van der Waals surface area contributed by atoms with Crippen molar-refractivity contribution in [3.63, 3.8) is 0 Å². The second-order valence-corrected chi connectivity index (χ2v) is 15.0. The predicted octanol–water partition coefficient (Wildman–Crippen LogP) is 11.5. The number of carbonyl (C=O) groups excluding carboxylic acids is 1. The molecule has 0 aliphatic heterocycles. The predicted molar refractivity (Wildman–Crippen MR) is 201 cm³/mol. The maximum Gasteiger partial charge on any atom is 0.472 e. The van der Waals surface area contributed by atoms with Crippen molar-refractivity contribution >= 4 is 13.8 Å². The standard InChI is InChI=1S/C39H78NO7P/c1-3-5-7-9-11-13-15-17-19-21-23-25-27-29-31-34-44-36-38(37-46-48(42,43)45-35-33-40)47-39(41)32-30-28-26-24-22-20-18-16-14-12-10-8-6-4-2/h15,17,38H,3-14,16,18-37,40H2,1-2H3,(H,42,43)/b17-15-. The zero-order valence-electron chi connectivity index (χ0n) is 31.5. The highest BCUT2D eigenvalue weighted by molar-refractivity contribution is 7.47. The van der Waals surface area contributed by atoms with E-state index in [2.05, 4.69) is 26.0 Å². The normalized spacial score (nSPS) is 13.7. The van der Waals surface area contributed by atoms with Crippen LogP contribution in [0.5, 0.6) is 0 Å². The summed E-state index contributed by atoms with van der Waals surface area (Å²) in [6.45, 7) is 4.93. The largest absolute Gasteiger partial charge is 0.472 e. The van der Waals surface area contributed by atoms with Gasteiger partial charge in [0.25, 0.3) is 0 Å². The molecule has 0 rings (SSSR count). The van der Waals surface area contributed by atoms with Crippen molar-refractivity contribution in [1.82, 2.24) is 0 Å². The van der Waals surface area contributed by atoms with Crippen LogP contribution in [0.4, 0.5) is 0 Å². The van der Waals surface area contributed by atoms with Gasteiger partial charge >= 0.3 is 13.8 Å². The molecule has 0 bridgehead atoms. The molecule has 2 atom stereocenters. The van der Waals surface area contributed by atoms with Crippen molar-refractivity contribution in [2.24, 2.45) is 5.73 Å². The van der Waals surface area contributed by atoms with Gasteiger partial charge in [-0.05, 0) is 38.5 Å². The molecule has 3 N–H and O–H groups in total. The van der Waals surface area contributed by atoms with Crippen LogP contribution in [0.2, 0.25) is 0 Å². The van der Waals surface area contributed by atoms with E-state index in [0.29, 0.717) is 13.0 Å². The van der Waals surface area contributed by atoms with E-state index in [9.17, 15) is 14.3 Å². The van der Waals surface area contributed by atoms with Crippen molar-refractivity contribution in [1.29, 1.82) is 0 Å². The molecular formula is C39H78NO7P. The number of nitrogens with two attached hydrogens (primary N) is 1. The van der Waals surface area contributed by atoms with Crippen molar-refractivity contribution in [2.75, 3.05) is 33.0 Å². The second-order valence-electron chi connectivity index (χ2n) is 13.5. The van der Waals surface area contributed by atoms with Gasteiger partial charge in [0.05, 0.1) is 19.8 Å². The topological polar surface area (TPSA) is 117 Å². The van der Waals surface area contributed by atoms with Gasteiger partial charge in [-0.1, -0.05) is 161 Å². The molecule has 286 valence electrons. The van der Waals surface area contributed by atoms with Crippen LogP contribution in [-0.4, -0.2) is 49.9 Å². The van der Waals surface area contributed by atoms with Crippen molar-refractivity contribution in [3.05, 3.63) is 12.2 Å². The minimum atomic E-state index is -4.27. The van der Waals surface area contributed by atoms with E-state index in [1.54, 1.807) is 0 Å². The molecule has 0 radical (unpaired) electrons. The van der Waals surface area contributed by atoms with E-state index < -0.39 is 13.9 Å². The first kappa shape index (κ1) is 47.2. The third kappa shape index (κ3) is 36.5. The lowest BCUT2D eigenvalue weighted by Crippen LogP contribution is -2.28. The molecule has 0 fully saturated rings. The first-order valence-electron chi connectivity index (χ1n) is 20.2. The summed E-state index contributed by atoms with van der Waals surface area (Å²) >= 11 is 0. The van der Waals surface area contributed by atoms with Crippen LogP contribution in [-0.2, 0) is 27.9 Å². The fourth-order valence-corrected chi connectivity index (χ4v) is 6.46. The third-order valence-electron chi connectivity index (χ3n) is 8.68. The summed E-state index contributed by atoms with van der Waals surface area (Å²) in [5.74, 6) is -0.330. The number of unbranched alkanes of at least 4 members (excludes halogenated alkanes) is 24. The average molecular weight is 704 g/mol. The maximum atomic E-state index is 12.5. The quantitative estimate of drug-likeness (QED) is 0.0281. The molecule has 0 aromatic rings. The molecule has 48 heavy (non-hydrogen) atoms. The Bertz CT molecular complexity index is 752. The van der Waals surface area contributed by atoms with Crippen LogP contribution in [0.15, 0.2) is 12.2 Å². The molecule has 2 unspecified atom stereocenters. The van der Waals surface area contributed by atoms with Crippen LogP contribution >= 0.6 is 7.82 Å². The van der Waals surface area contributed by atoms with Gasteiger partial charge in [0.2, 0.25) is 0 Å². The molecule has 8 nitrogen and oxygen atoms in total. The van der Waals surface area contributed by atoms with E-state index in [1.807, 2.05) is 0 Å². The van der Waals surface area contributed by atoms with Crippen LogP contribution < -0.4 is 5.73 Å². The van der Waals surface area contributed by atoms with Crippen molar-refractivity contribution in [3.8, 4) is 0 Å². The lowest BCUT2D eigenvalue weighted by atomic mass is 10.0. The molecule has 0 saturated heterocycles. The zero-order chi connectivity index (χ0) is 35.2. The van der Waals surface area contributed by atoms with E-state index in [0.717, 1.165) is 32.1 Å². The molecule has 0 aromatic carbocycles. The highest BCUT2D eigenvalue weighted by Gasteiger charge is 2.25. The first-order chi connectivity index (χ1) is 23.4. The number of rotatable bonds is 39. The highest BCUT2D eigenvalue weighted by atomic mass is 31.2. The number of hydrogen-bond acceptors (Lipinski definition) is 7. The summed E-state index contributed by atoms with van der Waals surface area (Å²) in [6.07, 6.45) is 37.9. The Morgan fingerprint density at radius 3 is 1.52 bits per heavy atom. The number of esters is 1. The summed E-state index contributed by atoms with van der Waals surface area (Å²) in [5.41, 5.74) is 5.36. The summed E-state index contributed by atoms with van der Waals surface area (Å²) in [5, 5.41) is 0. The number of phosphoric acid groups is 1. The third-order valence-corrected chi connectivity index (χ3v) is 9.67. The molecule has 0 heterocycles. The van der Waals surface area contributed by atoms with Crippen LogP contribution in [0.1, 0.15) is 194 Å². The number of phosphoric ester groups is 1. The Morgan fingerprint density at radius 2 is 1.04 bits per heavy atom. The Balaban J connectivity index is 4.05. The minimum absolute atomic E-state index is 0.0935. The van der Waals surface area contributed by atoms with Gasteiger partial charge in [-0.3, -0.25) is 13.8 Å². The van der Waals surface area contributed by atoms with Crippen LogP contribution in [0, 0.1) is 0 Å².